The van der Waals surface area contributed by atoms with E-state index in [1.807, 2.05) is 24.3 Å². The summed E-state index contributed by atoms with van der Waals surface area (Å²) in [6.45, 7) is 0.467. The largest absolute Gasteiger partial charge is 0.461 e. The number of furan rings is 1. The minimum Gasteiger partial charge on any atom is -0.461 e. The predicted molar refractivity (Wildman–Crippen MR) is 93.7 cm³/mol. The number of rotatable bonds is 7. The van der Waals surface area contributed by atoms with E-state index >= 15 is 0 Å². The van der Waals surface area contributed by atoms with Gasteiger partial charge in [-0.3, -0.25) is 9.89 Å². The number of hydrogen-bond donors (Lipinski definition) is 2. The third-order valence-corrected chi connectivity index (χ3v) is 3.87. The Balaban J connectivity index is 1.25. The average Bonchev–Trinajstić information content (AvgIpc) is 3.44. The third kappa shape index (κ3) is 4.06. The Labute approximate surface area is 153 Å². The predicted octanol–water partition coefficient (Wildman–Crippen LogP) is 0.942. The Morgan fingerprint density at radius 3 is 2.85 bits per heavy atom. The van der Waals surface area contributed by atoms with Crippen LogP contribution in [0.2, 0.25) is 0 Å². The van der Waals surface area contributed by atoms with E-state index in [0.29, 0.717) is 36.8 Å². The van der Waals surface area contributed by atoms with Crippen LogP contribution in [-0.4, -0.2) is 47.8 Å². The van der Waals surface area contributed by atoms with Gasteiger partial charge >= 0.3 is 0 Å². The van der Waals surface area contributed by atoms with Gasteiger partial charge in [0.1, 0.15) is 12.2 Å². The first-order chi connectivity index (χ1) is 13.3. The van der Waals surface area contributed by atoms with E-state index in [2.05, 4.69) is 36.0 Å². The molecule has 0 aliphatic rings. The van der Waals surface area contributed by atoms with Gasteiger partial charge in [-0.15, -0.1) is 5.10 Å². The molecule has 10 heteroatoms. The van der Waals surface area contributed by atoms with Crippen molar-refractivity contribution in [1.82, 2.24) is 40.7 Å². The number of nitrogens with zero attached hydrogens (tertiary/aromatic N) is 6. The second-order valence-electron chi connectivity index (χ2n) is 5.78. The second-order valence-corrected chi connectivity index (χ2v) is 5.78. The molecule has 0 saturated heterocycles. The van der Waals surface area contributed by atoms with Crippen molar-refractivity contribution < 1.29 is 9.21 Å². The molecule has 0 fully saturated rings. The second kappa shape index (κ2) is 7.60. The van der Waals surface area contributed by atoms with E-state index in [4.69, 9.17) is 4.42 Å². The Kier molecular flexibility index (Phi) is 4.68. The molecule has 1 amide bonds. The van der Waals surface area contributed by atoms with E-state index in [0.717, 1.165) is 11.3 Å². The number of carbonyl (C=O) groups is 1. The maximum atomic E-state index is 12.1. The van der Waals surface area contributed by atoms with Crippen LogP contribution in [0.1, 0.15) is 11.4 Å². The molecule has 0 atom stereocenters. The molecule has 0 bridgehead atoms. The van der Waals surface area contributed by atoms with Gasteiger partial charge in [0, 0.05) is 13.0 Å². The zero-order valence-electron chi connectivity index (χ0n) is 14.2. The van der Waals surface area contributed by atoms with Crippen molar-refractivity contribution in [3.8, 4) is 17.3 Å². The maximum Gasteiger partial charge on any atom is 0.224 e. The molecule has 0 aliphatic heterocycles. The van der Waals surface area contributed by atoms with Crippen molar-refractivity contribution in [3.63, 3.8) is 0 Å². The summed E-state index contributed by atoms with van der Waals surface area (Å²) in [7, 11) is 0. The van der Waals surface area contributed by atoms with Gasteiger partial charge in [-0.1, -0.05) is 12.1 Å². The zero-order chi connectivity index (χ0) is 18.5. The third-order valence-electron chi connectivity index (χ3n) is 3.87. The molecule has 0 radical (unpaired) electrons. The number of nitrogens with one attached hydrogen (secondary N) is 2. The quantitative estimate of drug-likeness (QED) is 0.499. The van der Waals surface area contributed by atoms with Crippen LogP contribution in [0.15, 0.2) is 53.4 Å². The number of amides is 1. The monoisotopic (exact) mass is 364 g/mol. The summed E-state index contributed by atoms with van der Waals surface area (Å²) in [5, 5.41) is 20.8. The lowest BCUT2D eigenvalue weighted by molar-refractivity contribution is -0.120. The van der Waals surface area contributed by atoms with E-state index in [-0.39, 0.29) is 5.91 Å². The van der Waals surface area contributed by atoms with Gasteiger partial charge in [-0.05, 0) is 40.3 Å². The van der Waals surface area contributed by atoms with Crippen molar-refractivity contribution in [1.29, 1.82) is 0 Å². The van der Waals surface area contributed by atoms with Crippen molar-refractivity contribution in [2.24, 2.45) is 0 Å². The van der Waals surface area contributed by atoms with E-state index in [1.54, 1.807) is 23.1 Å². The molecule has 3 heterocycles. The van der Waals surface area contributed by atoms with E-state index in [9.17, 15) is 4.79 Å². The minimum absolute atomic E-state index is 0.0593. The van der Waals surface area contributed by atoms with Crippen LogP contribution in [0.4, 0.5) is 0 Å². The molecule has 4 rings (SSSR count). The number of hydrogen-bond acceptors (Lipinski definition) is 7. The summed E-state index contributed by atoms with van der Waals surface area (Å²) in [5.41, 5.74) is 1.74. The molecule has 1 aromatic carbocycles. The molecule has 0 saturated carbocycles. The lowest BCUT2D eigenvalue weighted by Gasteiger charge is -2.05. The lowest BCUT2D eigenvalue weighted by atomic mass is 10.1. The summed E-state index contributed by atoms with van der Waals surface area (Å²) in [6, 6.07) is 11.1. The highest BCUT2D eigenvalue weighted by Crippen LogP contribution is 2.14. The zero-order valence-corrected chi connectivity index (χ0v) is 14.2. The minimum atomic E-state index is -0.0593. The summed E-state index contributed by atoms with van der Waals surface area (Å²) in [4.78, 5) is 16.4. The molecular weight excluding hydrogens is 348 g/mol. The molecule has 0 aliphatic carbocycles. The Hall–Kier alpha value is -3.82. The molecule has 2 N–H and O–H groups in total. The van der Waals surface area contributed by atoms with Gasteiger partial charge in [-0.25, -0.2) is 9.67 Å². The van der Waals surface area contributed by atoms with Crippen LogP contribution in [0, 0.1) is 0 Å². The summed E-state index contributed by atoms with van der Waals surface area (Å²) in [5.74, 6) is 1.74. The standard InChI is InChI=1S/C17H16N8O2/c26-16(10-12-3-5-13(6-4-12)25-11-19-23-24-25)18-8-7-15-20-17(22-21-15)14-2-1-9-27-14/h1-6,9,11H,7-8,10H2,(H,18,26)(H,20,21,22). The van der Waals surface area contributed by atoms with Crippen molar-refractivity contribution in [3.05, 3.63) is 60.4 Å². The first-order valence-electron chi connectivity index (χ1n) is 8.32. The number of benzene rings is 1. The van der Waals surface area contributed by atoms with Gasteiger partial charge < -0.3 is 9.73 Å². The fraction of sp³-hybridized carbons (Fsp3) is 0.176. The molecule has 4 aromatic rings. The van der Waals surface area contributed by atoms with Crippen LogP contribution in [0.5, 0.6) is 0 Å². The van der Waals surface area contributed by atoms with Gasteiger partial charge in [-0.2, -0.15) is 5.10 Å². The first-order valence-corrected chi connectivity index (χ1v) is 8.32. The molecule has 3 aromatic heterocycles. The van der Waals surface area contributed by atoms with Crippen molar-refractivity contribution in [2.45, 2.75) is 12.8 Å². The summed E-state index contributed by atoms with van der Waals surface area (Å²) < 4.78 is 6.80. The molecule has 0 unspecified atom stereocenters. The van der Waals surface area contributed by atoms with Gasteiger partial charge in [0.05, 0.1) is 18.4 Å². The smallest absolute Gasteiger partial charge is 0.224 e. The topological polar surface area (TPSA) is 127 Å². The van der Waals surface area contributed by atoms with Crippen LogP contribution in [0.3, 0.4) is 0 Å². The average molecular weight is 364 g/mol. The Bertz CT molecular complexity index is 990. The SMILES string of the molecule is O=C(Cc1ccc(-n2cnnn2)cc1)NCCc1nc(-c2ccco2)n[nH]1. The number of H-pyrrole nitrogens is 1. The molecular formula is C17H16N8O2. The molecule has 27 heavy (non-hydrogen) atoms. The molecule has 0 spiro atoms. The maximum absolute atomic E-state index is 12.1. The lowest BCUT2D eigenvalue weighted by Crippen LogP contribution is -2.27. The first kappa shape index (κ1) is 16.6. The Morgan fingerprint density at radius 2 is 2.11 bits per heavy atom. The highest BCUT2D eigenvalue weighted by Gasteiger charge is 2.09. The van der Waals surface area contributed by atoms with Crippen LogP contribution in [0.25, 0.3) is 17.3 Å². The van der Waals surface area contributed by atoms with E-state index in [1.165, 1.54) is 6.33 Å². The summed E-state index contributed by atoms with van der Waals surface area (Å²) in [6.07, 6.45) is 3.94. The molecule has 136 valence electrons. The number of aromatic nitrogens is 7. The van der Waals surface area contributed by atoms with Crippen LogP contribution in [-0.2, 0) is 17.6 Å². The highest BCUT2D eigenvalue weighted by molar-refractivity contribution is 5.78. The highest BCUT2D eigenvalue weighted by atomic mass is 16.3. The fourth-order valence-corrected chi connectivity index (χ4v) is 2.54. The molecule has 10 nitrogen and oxygen atoms in total. The van der Waals surface area contributed by atoms with Crippen LogP contribution >= 0.6 is 0 Å². The van der Waals surface area contributed by atoms with Crippen molar-refractivity contribution in [2.75, 3.05) is 6.54 Å². The van der Waals surface area contributed by atoms with Crippen LogP contribution < -0.4 is 5.32 Å². The Morgan fingerprint density at radius 1 is 1.22 bits per heavy atom. The van der Waals surface area contributed by atoms with Gasteiger partial charge in [0.25, 0.3) is 0 Å². The van der Waals surface area contributed by atoms with Crippen molar-refractivity contribution >= 4 is 5.91 Å². The van der Waals surface area contributed by atoms with E-state index < -0.39 is 0 Å². The summed E-state index contributed by atoms with van der Waals surface area (Å²) >= 11 is 0. The van der Waals surface area contributed by atoms with Gasteiger partial charge in [0.2, 0.25) is 11.7 Å². The fourth-order valence-electron chi connectivity index (χ4n) is 2.54. The van der Waals surface area contributed by atoms with Gasteiger partial charge in [0.15, 0.2) is 5.76 Å². The number of aromatic amines is 1. The number of tetrazole rings is 1. The number of carbonyl (C=O) groups excluding carboxylic acids is 1. The normalized spacial score (nSPS) is 10.8.